The van der Waals surface area contributed by atoms with Gasteiger partial charge in [0.25, 0.3) is 0 Å². The van der Waals surface area contributed by atoms with Crippen LogP contribution in [-0.2, 0) is 4.79 Å². The zero-order valence-electron chi connectivity index (χ0n) is 12.3. The molecular weight excluding hydrogens is 238 g/mol. The molecule has 0 saturated heterocycles. The standard InChI is InChI=1S/C15H25N3O/c1-15(2,18(3)4)11-17-14(19)13(10-16)12-8-6-5-7-9-12/h5-9,13H,10-11,16H2,1-4H3,(H,17,19). The van der Waals surface area contributed by atoms with E-state index < -0.39 is 0 Å². The second kappa shape index (κ2) is 6.68. The quantitative estimate of drug-likeness (QED) is 0.810. The molecule has 1 unspecified atom stereocenters. The molecule has 106 valence electrons. The summed E-state index contributed by atoms with van der Waals surface area (Å²) in [6.45, 7) is 5.10. The van der Waals surface area contributed by atoms with E-state index in [4.69, 9.17) is 5.73 Å². The third-order valence-corrected chi connectivity index (χ3v) is 3.66. The Morgan fingerprint density at radius 2 is 1.89 bits per heavy atom. The van der Waals surface area contributed by atoms with Gasteiger partial charge >= 0.3 is 0 Å². The molecule has 0 aromatic heterocycles. The van der Waals surface area contributed by atoms with Crippen LogP contribution in [0.3, 0.4) is 0 Å². The van der Waals surface area contributed by atoms with Crippen molar-refractivity contribution in [1.82, 2.24) is 10.2 Å². The summed E-state index contributed by atoms with van der Waals surface area (Å²) in [4.78, 5) is 14.3. The van der Waals surface area contributed by atoms with Crippen molar-refractivity contribution in [1.29, 1.82) is 0 Å². The van der Waals surface area contributed by atoms with Crippen LogP contribution in [0.4, 0.5) is 0 Å². The Labute approximate surface area is 116 Å². The minimum absolute atomic E-state index is 0.0105. The van der Waals surface area contributed by atoms with Gasteiger partial charge in [0, 0.05) is 18.6 Å². The van der Waals surface area contributed by atoms with Crippen molar-refractivity contribution in [3.05, 3.63) is 35.9 Å². The molecular formula is C15H25N3O. The highest BCUT2D eigenvalue weighted by Crippen LogP contribution is 2.15. The van der Waals surface area contributed by atoms with Crippen LogP contribution < -0.4 is 11.1 Å². The molecule has 0 radical (unpaired) electrons. The topological polar surface area (TPSA) is 58.4 Å². The fourth-order valence-corrected chi connectivity index (χ4v) is 1.66. The van der Waals surface area contributed by atoms with Gasteiger partial charge < -0.3 is 16.0 Å². The molecule has 0 aliphatic rings. The SMILES string of the molecule is CN(C)C(C)(C)CNC(=O)C(CN)c1ccccc1. The smallest absolute Gasteiger partial charge is 0.228 e. The van der Waals surface area contributed by atoms with Crippen LogP contribution >= 0.6 is 0 Å². The number of carbonyl (C=O) groups is 1. The lowest BCUT2D eigenvalue weighted by Crippen LogP contribution is -2.49. The van der Waals surface area contributed by atoms with Crippen molar-refractivity contribution in [2.75, 3.05) is 27.2 Å². The summed E-state index contributed by atoms with van der Waals surface area (Å²) in [5, 5.41) is 2.99. The maximum Gasteiger partial charge on any atom is 0.228 e. The Morgan fingerprint density at radius 1 is 1.32 bits per heavy atom. The van der Waals surface area contributed by atoms with Crippen LogP contribution in [0.15, 0.2) is 30.3 Å². The maximum atomic E-state index is 12.2. The molecule has 19 heavy (non-hydrogen) atoms. The Kier molecular flexibility index (Phi) is 5.51. The van der Waals surface area contributed by atoms with Crippen LogP contribution in [0.1, 0.15) is 25.3 Å². The maximum absolute atomic E-state index is 12.2. The molecule has 1 aromatic rings. The molecule has 0 saturated carbocycles. The fraction of sp³-hybridized carbons (Fsp3) is 0.533. The Morgan fingerprint density at radius 3 is 2.37 bits per heavy atom. The van der Waals surface area contributed by atoms with E-state index in [1.807, 2.05) is 44.4 Å². The van der Waals surface area contributed by atoms with Crippen molar-refractivity contribution < 1.29 is 4.79 Å². The van der Waals surface area contributed by atoms with Crippen molar-refractivity contribution in [2.24, 2.45) is 5.73 Å². The van der Waals surface area contributed by atoms with Gasteiger partial charge in [-0.15, -0.1) is 0 Å². The summed E-state index contributed by atoms with van der Waals surface area (Å²) < 4.78 is 0. The fourth-order valence-electron chi connectivity index (χ4n) is 1.66. The first-order chi connectivity index (χ1) is 8.88. The molecule has 4 heteroatoms. The summed E-state index contributed by atoms with van der Waals surface area (Å²) in [5.41, 5.74) is 6.62. The van der Waals surface area contributed by atoms with E-state index in [0.717, 1.165) is 5.56 Å². The Bertz CT molecular complexity index is 401. The van der Waals surface area contributed by atoms with E-state index in [0.29, 0.717) is 13.1 Å². The van der Waals surface area contributed by atoms with Crippen LogP contribution in [0.2, 0.25) is 0 Å². The van der Waals surface area contributed by atoms with Crippen molar-refractivity contribution in [2.45, 2.75) is 25.3 Å². The van der Waals surface area contributed by atoms with Gasteiger partial charge in [0.1, 0.15) is 0 Å². The number of amides is 1. The highest BCUT2D eigenvalue weighted by molar-refractivity contribution is 5.83. The monoisotopic (exact) mass is 263 g/mol. The van der Waals surface area contributed by atoms with Gasteiger partial charge in [0.15, 0.2) is 0 Å². The predicted molar refractivity (Wildman–Crippen MR) is 79.0 cm³/mol. The number of benzene rings is 1. The van der Waals surface area contributed by atoms with Crippen molar-refractivity contribution in [3.63, 3.8) is 0 Å². The second-order valence-electron chi connectivity index (χ2n) is 5.62. The highest BCUT2D eigenvalue weighted by Gasteiger charge is 2.24. The van der Waals surface area contributed by atoms with Gasteiger partial charge in [0.05, 0.1) is 5.92 Å². The van der Waals surface area contributed by atoms with Crippen LogP contribution in [0, 0.1) is 0 Å². The molecule has 1 atom stereocenters. The number of rotatable bonds is 6. The summed E-state index contributed by atoms with van der Waals surface area (Å²) in [6.07, 6.45) is 0. The van der Waals surface area contributed by atoms with E-state index in [-0.39, 0.29) is 17.4 Å². The third kappa shape index (κ3) is 4.33. The first kappa shape index (κ1) is 15.7. The predicted octanol–water partition coefficient (Wildman–Crippen LogP) is 1.19. The lowest BCUT2D eigenvalue weighted by Gasteiger charge is -2.33. The highest BCUT2D eigenvalue weighted by atomic mass is 16.1. The first-order valence-corrected chi connectivity index (χ1v) is 6.58. The van der Waals surface area contributed by atoms with Crippen LogP contribution in [0.25, 0.3) is 0 Å². The number of nitrogens with zero attached hydrogens (tertiary/aromatic N) is 1. The zero-order valence-corrected chi connectivity index (χ0v) is 12.3. The van der Waals surface area contributed by atoms with E-state index in [2.05, 4.69) is 24.1 Å². The molecule has 1 aromatic carbocycles. The molecule has 3 N–H and O–H groups in total. The van der Waals surface area contributed by atoms with Gasteiger partial charge in [-0.3, -0.25) is 4.79 Å². The number of hydrogen-bond acceptors (Lipinski definition) is 3. The lowest BCUT2D eigenvalue weighted by molar-refractivity contribution is -0.122. The lowest BCUT2D eigenvalue weighted by atomic mass is 9.97. The molecule has 0 aliphatic carbocycles. The van der Waals surface area contributed by atoms with Gasteiger partial charge in [0.2, 0.25) is 5.91 Å². The third-order valence-electron chi connectivity index (χ3n) is 3.66. The van der Waals surface area contributed by atoms with Gasteiger partial charge in [-0.05, 0) is 33.5 Å². The second-order valence-corrected chi connectivity index (χ2v) is 5.62. The molecule has 0 heterocycles. The number of carbonyl (C=O) groups excluding carboxylic acids is 1. The Hall–Kier alpha value is -1.39. The van der Waals surface area contributed by atoms with Gasteiger partial charge in [-0.25, -0.2) is 0 Å². The first-order valence-electron chi connectivity index (χ1n) is 6.58. The average molecular weight is 263 g/mol. The largest absolute Gasteiger partial charge is 0.354 e. The van der Waals surface area contributed by atoms with Crippen molar-refractivity contribution >= 4 is 5.91 Å². The minimum atomic E-state index is -0.279. The summed E-state index contributed by atoms with van der Waals surface area (Å²) in [6, 6.07) is 9.66. The molecule has 0 fully saturated rings. The minimum Gasteiger partial charge on any atom is -0.354 e. The average Bonchev–Trinajstić information content (AvgIpc) is 2.38. The molecule has 4 nitrogen and oxygen atoms in total. The number of hydrogen-bond donors (Lipinski definition) is 2. The zero-order chi connectivity index (χ0) is 14.5. The molecule has 1 rings (SSSR count). The van der Waals surface area contributed by atoms with E-state index in [1.54, 1.807) is 0 Å². The summed E-state index contributed by atoms with van der Waals surface area (Å²) in [7, 11) is 4.01. The molecule has 0 spiro atoms. The van der Waals surface area contributed by atoms with E-state index in [9.17, 15) is 4.79 Å². The van der Waals surface area contributed by atoms with E-state index >= 15 is 0 Å². The van der Waals surface area contributed by atoms with E-state index in [1.165, 1.54) is 0 Å². The Balaban J connectivity index is 2.66. The van der Waals surface area contributed by atoms with Crippen molar-refractivity contribution in [3.8, 4) is 0 Å². The number of nitrogens with one attached hydrogen (secondary N) is 1. The number of likely N-dealkylation sites (N-methyl/N-ethyl adjacent to an activating group) is 1. The normalized spacial score (nSPS) is 13.4. The molecule has 1 amide bonds. The molecule has 0 aliphatic heterocycles. The number of nitrogens with two attached hydrogens (primary N) is 1. The summed E-state index contributed by atoms with van der Waals surface area (Å²) in [5.74, 6) is -0.289. The van der Waals surface area contributed by atoms with Gasteiger partial charge in [-0.1, -0.05) is 30.3 Å². The molecule has 0 bridgehead atoms. The summed E-state index contributed by atoms with van der Waals surface area (Å²) >= 11 is 0. The van der Waals surface area contributed by atoms with Gasteiger partial charge in [-0.2, -0.15) is 0 Å². The van der Waals surface area contributed by atoms with Crippen LogP contribution in [-0.4, -0.2) is 43.5 Å². The van der Waals surface area contributed by atoms with Crippen LogP contribution in [0.5, 0.6) is 0 Å².